The Kier molecular flexibility index (Phi) is 7.03. The van der Waals surface area contributed by atoms with Crippen LogP contribution in [0.3, 0.4) is 0 Å². The summed E-state index contributed by atoms with van der Waals surface area (Å²) in [6.07, 6.45) is -3.49. The summed E-state index contributed by atoms with van der Waals surface area (Å²) in [6.45, 7) is 2.60. The summed E-state index contributed by atoms with van der Waals surface area (Å²) >= 11 is 0. The minimum absolute atomic E-state index is 0.174. The molecule has 5 atom stereocenters. The van der Waals surface area contributed by atoms with E-state index in [4.69, 9.17) is 14.6 Å². The summed E-state index contributed by atoms with van der Waals surface area (Å²) in [5.74, 6) is -1.01. The maximum absolute atomic E-state index is 11.7. The number of esters is 1. The number of hydrogen-bond donors (Lipinski definition) is 4. The molecule has 0 aliphatic carbocycles. The zero-order valence-corrected chi connectivity index (χ0v) is 12.2. The van der Waals surface area contributed by atoms with Crippen molar-refractivity contribution >= 4 is 11.9 Å². The molecule has 122 valence electrons. The molecule has 4 N–H and O–H groups in total. The Bertz CT molecular complexity index is 362. The Labute approximate surface area is 123 Å². The van der Waals surface area contributed by atoms with Crippen molar-refractivity contribution in [1.82, 2.24) is 5.32 Å². The lowest BCUT2D eigenvalue weighted by atomic mass is 9.96. The van der Waals surface area contributed by atoms with Gasteiger partial charge in [-0.15, -0.1) is 0 Å². The lowest BCUT2D eigenvalue weighted by molar-refractivity contribution is -0.258. The Balaban J connectivity index is 2.82. The third-order valence-corrected chi connectivity index (χ3v) is 3.24. The Hall–Kier alpha value is -1.22. The third kappa shape index (κ3) is 4.92. The quantitative estimate of drug-likeness (QED) is 0.448. The standard InChI is InChI=1S/C13H23NO7/c1-3-4-5-9(17)21-12-10(14-7(2)16)13(19)20-8(6-15)11(12)18/h8,10-13,15,18-19H,3-6H2,1-2H3,(H,14,16)/t8-,10+,11-,12+,13+/m1/s1. The van der Waals surface area contributed by atoms with Gasteiger partial charge in [0.1, 0.15) is 18.2 Å². The first kappa shape index (κ1) is 17.8. The minimum Gasteiger partial charge on any atom is -0.457 e. The van der Waals surface area contributed by atoms with Crippen molar-refractivity contribution < 1.29 is 34.4 Å². The molecule has 1 heterocycles. The fourth-order valence-electron chi connectivity index (χ4n) is 2.14. The van der Waals surface area contributed by atoms with Crippen LogP contribution in [0, 0.1) is 0 Å². The normalized spacial score (nSPS) is 32.5. The van der Waals surface area contributed by atoms with E-state index in [2.05, 4.69) is 5.32 Å². The second kappa shape index (κ2) is 8.28. The zero-order valence-electron chi connectivity index (χ0n) is 12.2. The summed E-state index contributed by atoms with van der Waals surface area (Å²) in [5, 5.41) is 31.4. The van der Waals surface area contributed by atoms with E-state index in [0.717, 1.165) is 6.42 Å². The van der Waals surface area contributed by atoms with Gasteiger partial charge in [-0.05, 0) is 6.42 Å². The van der Waals surface area contributed by atoms with E-state index < -0.39 is 49.1 Å². The van der Waals surface area contributed by atoms with Gasteiger partial charge in [-0.25, -0.2) is 0 Å². The monoisotopic (exact) mass is 305 g/mol. The smallest absolute Gasteiger partial charge is 0.306 e. The summed E-state index contributed by atoms with van der Waals surface area (Å²) in [7, 11) is 0. The lowest BCUT2D eigenvalue weighted by Gasteiger charge is -2.41. The first-order chi connectivity index (χ1) is 9.90. The largest absolute Gasteiger partial charge is 0.457 e. The van der Waals surface area contributed by atoms with Gasteiger partial charge in [-0.1, -0.05) is 13.3 Å². The highest BCUT2D eigenvalue weighted by atomic mass is 16.6. The van der Waals surface area contributed by atoms with Crippen LogP contribution in [0.5, 0.6) is 0 Å². The summed E-state index contributed by atoms with van der Waals surface area (Å²) in [4.78, 5) is 22.9. The molecule has 1 aliphatic heterocycles. The van der Waals surface area contributed by atoms with Crippen molar-refractivity contribution in [2.24, 2.45) is 0 Å². The van der Waals surface area contributed by atoms with Gasteiger partial charge in [-0.3, -0.25) is 9.59 Å². The highest BCUT2D eigenvalue weighted by Crippen LogP contribution is 2.23. The third-order valence-electron chi connectivity index (χ3n) is 3.24. The van der Waals surface area contributed by atoms with Crippen molar-refractivity contribution in [3.05, 3.63) is 0 Å². The maximum Gasteiger partial charge on any atom is 0.306 e. The molecule has 0 aromatic rings. The molecule has 0 unspecified atom stereocenters. The molecule has 0 aromatic heterocycles. The van der Waals surface area contributed by atoms with Gasteiger partial charge < -0.3 is 30.1 Å². The van der Waals surface area contributed by atoms with Crippen LogP contribution in [0.25, 0.3) is 0 Å². The van der Waals surface area contributed by atoms with E-state index in [1.165, 1.54) is 6.92 Å². The van der Waals surface area contributed by atoms with Crippen LogP contribution in [0.1, 0.15) is 33.1 Å². The molecular formula is C13H23NO7. The molecule has 0 spiro atoms. The number of hydrogen-bond acceptors (Lipinski definition) is 7. The predicted molar refractivity (Wildman–Crippen MR) is 71.0 cm³/mol. The molecule has 8 heteroatoms. The van der Waals surface area contributed by atoms with Gasteiger partial charge in [0.2, 0.25) is 5.91 Å². The summed E-state index contributed by atoms with van der Waals surface area (Å²) < 4.78 is 10.2. The van der Waals surface area contributed by atoms with Crippen molar-refractivity contribution in [3.63, 3.8) is 0 Å². The van der Waals surface area contributed by atoms with Gasteiger partial charge in [0.15, 0.2) is 12.4 Å². The van der Waals surface area contributed by atoms with Crippen LogP contribution in [-0.2, 0) is 19.1 Å². The molecule has 8 nitrogen and oxygen atoms in total. The van der Waals surface area contributed by atoms with Crippen LogP contribution < -0.4 is 5.32 Å². The minimum atomic E-state index is -1.49. The van der Waals surface area contributed by atoms with Gasteiger partial charge >= 0.3 is 5.97 Å². The SMILES string of the molecule is CCCCC(=O)O[C@@H]1[C@H](O)[C@@H](CO)O[C@H](O)[C@H]1NC(C)=O. The fourth-order valence-corrected chi connectivity index (χ4v) is 2.14. The van der Waals surface area contributed by atoms with Crippen LogP contribution in [-0.4, -0.2) is 64.4 Å². The molecule has 1 saturated heterocycles. The van der Waals surface area contributed by atoms with Crippen molar-refractivity contribution in [1.29, 1.82) is 0 Å². The molecule has 0 saturated carbocycles. The van der Waals surface area contributed by atoms with E-state index in [-0.39, 0.29) is 6.42 Å². The van der Waals surface area contributed by atoms with Crippen molar-refractivity contribution in [2.45, 2.75) is 63.8 Å². The zero-order chi connectivity index (χ0) is 16.0. The van der Waals surface area contributed by atoms with Gasteiger partial charge in [0.25, 0.3) is 0 Å². The number of unbranched alkanes of at least 4 members (excludes halogenated alkanes) is 1. The van der Waals surface area contributed by atoms with E-state index in [1.807, 2.05) is 6.92 Å². The van der Waals surface area contributed by atoms with Crippen molar-refractivity contribution in [2.75, 3.05) is 6.61 Å². The first-order valence-corrected chi connectivity index (χ1v) is 6.99. The molecule has 0 radical (unpaired) electrons. The molecule has 0 bridgehead atoms. The number of nitrogens with one attached hydrogen (secondary N) is 1. The Morgan fingerprint density at radius 3 is 2.52 bits per heavy atom. The van der Waals surface area contributed by atoms with Gasteiger partial charge in [0, 0.05) is 13.3 Å². The van der Waals surface area contributed by atoms with E-state index >= 15 is 0 Å². The molecular weight excluding hydrogens is 282 g/mol. The number of carbonyl (C=O) groups excluding carboxylic acids is 2. The second-order valence-electron chi connectivity index (χ2n) is 5.02. The molecule has 1 fully saturated rings. The van der Waals surface area contributed by atoms with Crippen LogP contribution >= 0.6 is 0 Å². The van der Waals surface area contributed by atoms with Crippen LogP contribution in [0.2, 0.25) is 0 Å². The molecule has 1 amide bonds. The molecule has 1 aliphatic rings. The number of carbonyl (C=O) groups is 2. The number of aliphatic hydroxyl groups excluding tert-OH is 3. The molecule has 0 aromatic carbocycles. The van der Waals surface area contributed by atoms with E-state index in [1.54, 1.807) is 0 Å². The number of ether oxygens (including phenoxy) is 2. The molecule has 21 heavy (non-hydrogen) atoms. The highest BCUT2D eigenvalue weighted by Gasteiger charge is 2.47. The predicted octanol–water partition coefficient (Wildman–Crippen LogP) is -1.34. The average Bonchev–Trinajstić information content (AvgIpc) is 2.43. The Morgan fingerprint density at radius 1 is 1.33 bits per heavy atom. The number of aliphatic hydroxyl groups is 3. The van der Waals surface area contributed by atoms with E-state index in [0.29, 0.717) is 6.42 Å². The highest BCUT2D eigenvalue weighted by molar-refractivity contribution is 5.73. The topological polar surface area (TPSA) is 125 Å². The number of amides is 1. The van der Waals surface area contributed by atoms with Crippen LogP contribution in [0.15, 0.2) is 0 Å². The van der Waals surface area contributed by atoms with E-state index in [9.17, 15) is 19.8 Å². The van der Waals surface area contributed by atoms with Crippen molar-refractivity contribution in [3.8, 4) is 0 Å². The Morgan fingerprint density at radius 2 is 2.00 bits per heavy atom. The second-order valence-corrected chi connectivity index (χ2v) is 5.02. The maximum atomic E-state index is 11.7. The van der Waals surface area contributed by atoms with Gasteiger partial charge in [-0.2, -0.15) is 0 Å². The summed E-state index contributed by atoms with van der Waals surface area (Å²) in [6, 6.07) is -1.09. The van der Waals surface area contributed by atoms with Gasteiger partial charge in [0.05, 0.1) is 6.61 Å². The molecule has 1 rings (SSSR count). The fraction of sp³-hybridized carbons (Fsp3) is 0.846. The van der Waals surface area contributed by atoms with Crippen LogP contribution in [0.4, 0.5) is 0 Å². The lowest BCUT2D eigenvalue weighted by Crippen LogP contribution is -2.65. The first-order valence-electron chi connectivity index (χ1n) is 6.99. The summed E-state index contributed by atoms with van der Waals surface area (Å²) in [5.41, 5.74) is 0. The average molecular weight is 305 g/mol. The number of rotatable bonds is 6.